The van der Waals surface area contributed by atoms with Crippen molar-refractivity contribution in [2.24, 2.45) is 11.8 Å². The monoisotopic (exact) mass is 249 g/mol. The Hall–Kier alpha value is -0.820. The number of likely N-dealkylation sites (tertiary alicyclic amines) is 1. The molecule has 7 heteroatoms. The Bertz CT molecular complexity index is 379. The Labute approximate surface area is 94.3 Å². The third-order valence-corrected chi connectivity index (χ3v) is 3.91. The zero-order chi connectivity index (χ0) is 11.9. The van der Waals surface area contributed by atoms with Crippen molar-refractivity contribution in [3.63, 3.8) is 0 Å². The molecule has 0 bridgehead atoms. The number of fused-ring (bicyclic) bond motifs is 1. The summed E-state index contributed by atoms with van der Waals surface area (Å²) in [5.41, 5.74) is 0. The van der Waals surface area contributed by atoms with Crippen molar-refractivity contribution in [3.05, 3.63) is 0 Å². The van der Waals surface area contributed by atoms with Crippen LogP contribution in [0.25, 0.3) is 0 Å². The number of carboxylic acid groups (broad SMARTS) is 1. The average Bonchev–Trinajstić information content (AvgIpc) is 2.56. The summed E-state index contributed by atoms with van der Waals surface area (Å²) >= 11 is 0. The molecule has 0 aromatic heterocycles. The zero-order valence-corrected chi connectivity index (χ0v) is 9.81. The minimum Gasteiger partial charge on any atom is -0.465 e. The van der Waals surface area contributed by atoms with E-state index in [-0.39, 0.29) is 17.9 Å². The highest BCUT2D eigenvalue weighted by Gasteiger charge is 2.43. The topological polar surface area (TPSA) is 83.9 Å². The number of hydrogen-bond donors (Lipinski definition) is 1. The molecule has 92 valence electrons. The zero-order valence-electron chi connectivity index (χ0n) is 9.00. The maximum atomic E-state index is 11.0. The van der Waals surface area contributed by atoms with Crippen LogP contribution in [0.2, 0.25) is 0 Å². The first-order valence-electron chi connectivity index (χ1n) is 5.21. The van der Waals surface area contributed by atoms with Crippen molar-refractivity contribution in [1.82, 2.24) is 4.90 Å². The van der Waals surface area contributed by atoms with Gasteiger partial charge in [-0.05, 0) is 24.7 Å². The lowest BCUT2D eigenvalue weighted by atomic mass is 10.0. The van der Waals surface area contributed by atoms with Crippen molar-refractivity contribution < 1.29 is 22.5 Å². The number of hydrogen-bond acceptors (Lipinski definition) is 4. The second-order valence-corrected chi connectivity index (χ2v) is 6.20. The molecule has 0 unspecified atom stereocenters. The van der Waals surface area contributed by atoms with E-state index >= 15 is 0 Å². The van der Waals surface area contributed by atoms with Crippen LogP contribution in [0.4, 0.5) is 4.79 Å². The van der Waals surface area contributed by atoms with Gasteiger partial charge in [-0.1, -0.05) is 0 Å². The minimum absolute atomic E-state index is 0.253. The Kier molecular flexibility index (Phi) is 2.83. The molecule has 1 heterocycles. The molecule has 2 fully saturated rings. The molecule has 1 saturated heterocycles. The van der Waals surface area contributed by atoms with E-state index in [4.69, 9.17) is 9.29 Å². The third kappa shape index (κ3) is 2.46. The molecule has 1 amide bonds. The lowest BCUT2D eigenvalue weighted by Gasteiger charge is -2.15. The van der Waals surface area contributed by atoms with Crippen LogP contribution in [-0.4, -0.2) is 50.0 Å². The van der Waals surface area contributed by atoms with E-state index in [0.29, 0.717) is 25.9 Å². The summed E-state index contributed by atoms with van der Waals surface area (Å²) in [4.78, 5) is 12.1. The number of amides is 1. The van der Waals surface area contributed by atoms with Crippen molar-refractivity contribution in [1.29, 1.82) is 0 Å². The number of nitrogens with zero attached hydrogens (tertiary/aromatic N) is 1. The smallest absolute Gasteiger partial charge is 0.407 e. The molecular formula is C9H15NO5S. The molecule has 16 heavy (non-hydrogen) atoms. The summed E-state index contributed by atoms with van der Waals surface area (Å²) in [5, 5.41) is 8.82. The molecular weight excluding hydrogens is 234 g/mol. The van der Waals surface area contributed by atoms with E-state index < -0.39 is 16.2 Å². The first kappa shape index (κ1) is 11.7. The van der Waals surface area contributed by atoms with Crippen LogP contribution in [0.15, 0.2) is 0 Å². The van der Waals surface area contributed by atoms with Crippen LogP contribution in [0.1, 0.15) is 12.8 Å². The van der Waals surface area contributed by atoms with Crippen molar-refractivity contribution >= 4 is 16.2 Å². The average molecular weight is 249 g/mol. The van der Waals surface area contributed by atoms with Gasteiger partial charge < -0.3 is 10.0 Å². The van der Waals surface area contributed by atoms with Gasteiger partial charge in [0.1, 0.15) is 0 Å². The summed E-state index contributed by atoms with van der Waals surface area (Å²) in [6.07, 6.45) is 1.17. The van der Waals surface area contributed by atoms with E-state index in [1.165, 1.54) is 4.90 Å². The second kappa shape index (κ2) is 3.89. The normalized spacial score (nSPS) is 34.1. The molecule has 0 radical (unpaired) electrons. The summed E-state index contributed by atoms with van der Waals surface area (Å²) < 4.78 is 26.8. The van der Waals surface area contributed by atoms with Gasteiger partial charge in [-0.25, -0.2) is 4.79 Å². The number of rotatable bonds is 2. The lowest BCUT2D eigenvalue weighted by molar-refractivity contribution is 0.145. The molecule has 1 N–H and O–H groups in total. The van der Waals surface area contributed by atoms with Gasteiger partial charge in [0.25, 0.3) is 10.1 Å². The van der Waals surface area contributed by atoms with Crippen molar-refractivity contribution in [2.75, 3.05) is 19.3 Å². The maximum absolute atomic E-state index is 11.0. The van der Waals surface area contributed by atoms with Crippen molar-refractivity contribution in [3.8, 4) is 0 Å². The van der Waals surface area contributed by atoms with Gasteiger partial charge in [-0.2, -0.15) is 8.42 Å². The Morgan fingerprint density at radius 1 is 1.31 bits per heavy atom. The molecule has 2 aliphatic rings. The van der Waals surface area contributed by atoms with Gasteiger partial charge in [-0.15, -0.1) is 0 Å². The summed E-state index contributed by atoms with van der Waals surface area (Å²) in [6, 6.07) is 0. The first-order valence-corrected chi connectivity index (χ1v) is 7.03. The van der Waals surface area contributed by atoms with Crippen LogP contribution >= 0.6 is 0 Å². The number of carbonyl (C=O) groups is 1. The van der Waals surface area contributed by atoms with Gasteiger partial charge in [0.05, 0.1) is 12.4 Å². The van der Waals surface area contributed by atoms with Crippen LogP contribution in [0, 0.1) is 11.8 Å². The van der Waals surface area contributed by atoms with E-state index in [0.717, 1.165) is 6.26 Å². The highest BCUT2D eigenvalue weighted by Crippen LogP contribution is 2.39. The summed E-state index contributed by atoms with van der Waals surface area (Å²) in [5.74, 6) is 0.505. The second-order valence-electron chi connectivity index (χ2n) is 4.60. The van der Waals surface area contributed by atoms with E-state index in [9.17, 15) is 13.2 Å². The predicted molar refractivity (Wildman–Crippen MR) is 55.5 cm³/mol. The molecule has 6 nitrogen and oxygen atoms in total. The molecule has 0 aromatic rings. The lowest BCUT2D eigenvalue weighted by Crippen LogP contribution is -2.29. The van der Waals surface area contributed by atoms with Gasteiger partial charge in [-0.3, -0.25) is 4.18 Å². The van der Waals surface area contributed by atoms with Gasteiger partial charge >= 0.3 is 6.09 Å². The van der Waals surface area contributed by atoms with Gasteiger partial charge in [0.2, 0.25) is 0 Å². The minimum atomic E-state index is -3.40. The molecule has 1 aliphatic heterocycles. The van der Waals surface area contributed by atoms with Crippen LogP contribution < -0.4 is 0 Å². The summed E-state index contributed by atoms with van der Waals surface area (Å²) in [7, 11) is -3.40. The third-order valence-electron chi connectivity index (χ3n) is 3.29. The molecule has 1 aliphatic carbocycles. The summed E-state index contributed by atoms with van der Waals surface area (Å²) in [6.45, 7) is 1.01. The Balaban J connectivity index is 1.91. The predicted octanol–water partition coefficient (Wildman–Crippen LogP) is 0.351. The Morgan fingerprint density at radius 2 is 1.81 bits per heavy atom. The fourth-order valence-electron chi connectivity index (χ4n) is 2.73. The molecule has 2 rings (SSSR count). The highest BCUT2D eigenvalue weighted by atomic mass is 32.2. The van der Waals surface area contributed by atoms with Gasteiger partial charge in [0, 0.05) is 13.1 Å². The highest BCUT2D eigenvalue weighted by molar-refractivity contribution is 7.86. The van der Waals surface area contributed by atoms with E-state index in [2.05, 4.69) is 0 Å². The Morgan fingerprint density at radius 3 is 2.19 bits per heavy atom. The molecule has 3 atom stereocenters. The van der Waals surface area contributed by atoms with E-state index in [1.807, 2.05) is 0 Å². The molecule has 1 saturated carbocycles. The standard InChI is InChI=1S/C9H15NO5S/c1-16(13,14)15-8-2-6-4-10(9(11)12)5-7(6)3-8/h6-8H,2-5H2,1H3,(H,11,12)/t6-,7+,8+. The van der Waals surface area contributed by atoms with Crippen LogP contribution in [-0.2, 0) is 14.3 Å². The largest absolute Gasteiger partial charge is 0.465 e. The quantitative estimate of drug-likeness (QED) is 0.714. The fourth-order valence-corrected chi connectivity index (χ4v) is 3.38. The molecule has 0 aromatic carbocycles. The SMILES string of the molecule is CS(=O)(=O)O[C@H]1C[C@@H]2CN(C(=O)O)C[C@@H]2C1. The van der Waals surface area contributed by atoms with E-state index in [1.54, 1.807) is 0 Å². The first-order chi connectivity index (χ1) is 7.35. The van der Waals surface area contributed by atoms with Crippen LogP contribution in [0.3, 0.4) is 0 Å². The maximum Gasteiger partial charge on any atom is 0.407 e. The van der Waals surface area contributed by atoms with Crippen molar-refractivity contribution in [2.45, 2.75) is 18.9 Å². The van der Waals surface area contributed by atoms with Crippen LogP contribution in [0.5, 0.6) is 0 Å². The van der Waals surface area contributed by atoms with Gasteiger partial charge in [0.15, 0.2) is 0 Å². The fraction of sp³-hybridized carbons (Fsp3) is 0.889. The molecule has 0 spiro atoms.